The number of unbranched alkanes of at least 4 members (excludes halogenated alkanes) is 1. The van der Waals surface area contributed by atoms with Gasteiger partial charge in [-0.3, -0.25) is 14.5 Å². The fourth-order valence-electron chi connectivity index (χ4n) is 5.17. The molecular weight excluding hydrogens is 524 g/mol. The Bertz CT molecular complexity index is 1220. The first-order valence-electron chi connectivity index (χ1n) is 14.5. The van der Waals surface area contributed by atoms with Gasteiger partial charge in [-0.25, -0.2) is 0 Å². The van der Waals surface area contributed by atoms with Gasteiger partial charge in [0.25, 0.3) is 11.7 Å². The van der Waals surface area contributed by atoms with Gasteiger partial charge in [-0.15, -0.1) is 0 Å². The number of hydrogen-bond donors (Lipinski definition) is 1. The molecule has 41 heavy (non-hydrogen) atoms. The minimum Gasteiger partial charge on any atom is -0.507 e. The van der Waals surface area contributed by atoms with Crippen LogP contribution in [-0.2, 0) is 14.3 Å². The molecule has 0 spiro atoms. The van der Waals surface area contributed by atoms with Gasteiger partial charge in [0.1, 0.15) is 11.5 Å². The summed E-state index contributed by atoms with van der Waals surface area (Å²) in [6.45, 7) is 10.7. The second-order valence-corrected chi connectivity index (χ2v) is 10.6. The lowest BCUT2D eigenvalue weighted by Gasteiger charge is -2.29. The zero-order valence-electron chi connectivity index (χ0n) is 24.6. The van der Waals surface area contributed by atoms with E-state index in [0.717, 1.165) is 32.5 Å². The summed E-state index contributed by atoms with van der Waals surface area (Å²) in [5, 5.41) is 11.4. The molecule has 2 aromatic carbocycles. The summed E-state index contributed by atoms with van der Waals surface area (Å²) in [6.07, 6.45) is 2.60. The van der Waals surface area contributed by atoms with Crippen LogP contribution in [0.15, 0.2) is 48.0 Å². The number of ketones is 1. The van der Waals surface area contributed by atoms with Gasteiger partial charge >= 0.3 is 0 Å². The van der Waals surface area contributed by atoms with E-state index in [2.05, 4.69) is 11.8 Å². The maximum absolute atomic E-state index is 13.5. The molecule has 2 aliphatic heterocycles. The highest BCUT2D eigenvalue weighted by atomic mass is 16.5. The number of carbonyl (C=O) groups is 2. The molecule has 9 heteroatoms. The second kappa shape index (κ2) is 14.4. The molecule has 1 unspecified atom stereocenters. The quantitative estimate of drug-likeness (QED) is 0.160. The monoisotopic (exact) mass is 566 g/mol. The van der Waals surface area contributed by atoms with Crippen LogP contribution in [0, 0.1) is 0 Å². The van der Waals surface area contributed by atoms with Crippen molar-refractivity contribution in [1.29, 1.82) is 0 Å². The third-order valence-electron chi connectivity index (χ3n) is 7.28. The Morgan fingerprint density at radius 3 is 2.41 bits per heavy atom. The standard InChI is InChI=1S/C32H42N2O7/c1-5-6-18-40-26-13-10-24(21-27(26)38-4)29-28(30(35)23-8-11-25(12-9-23)41-22(2)3)31(36)32(37)34(29)15-7-14-33-16-19-39-20-17-33/h8-13,21-22,29,35H,5-7,14-20H2,1-4H3/b30-28+. The zero-order valence-corrected chi connectivity index (χ0v) is 24.6. The highest BCUT2D eigenvalue weighted by Gasteiger charge is 2.46. The highest BCUT2D eigenvalue weighted by Crippen LogP contribution is 2.42. The number of aliphatic hydroxyl groups is 1. The van der Waals surface area contributed by atoms with Gasteiger partial charge in [0, 0.05) is 31.7 Å². The maximum Gasteiger partial charge on any atom is 0.295 e. The normalized spacial score (nSPS) is 19.1. The molecule has 1 atom stereocenters. The number of methoxy groups -OCH3 is 1. The third-order valence-corrected chi connectivity index (χ3v) is 7.28. The Morgan fingerprint density at radius 2 is 1.76 bits per heavy atom. The van der Waals surface area contributed by atoms with E-state index in [1.165, 1.54) is 0 Å². The van der Waals surface area contributed by atoms with Crippen LogP contribution < -0.4 is 14.2 Å². The van der Waals surface area contributed by atoms with Gasteiger partial charge < -0.3 is 29.0 Å². The second-order valence-electron chi connectivity index (χ2n) is 10.6. The number of hydrogen-bond acceptors (Lipinski definition) is 8. The number of nitrogens with zero attached hydrogens (tertiary/aromatic N) is 2. The van der Waals surface area contributed by atoms with E-state index in [4.69, 9.17) is 18.9 Å². The molecule has 1 amide bonds. The summed E-state index contributed by atoms with van der Waals surface area (Å²) in [4.78, 5) is 30.7. The average Bonchev–Trinajstić information content (AvgIpc) is 3.23. The first-order valence-corrected chi connectivity index (χ1v) is 14.5. The van der Waals surface area contributed by atoms with Gasteiger partial charge in [-0.05, 0) is 68.7 Å². The molecule has 9 nitrogen and oxygen atoms in total. The van der Waals surface area contributed by atoms with Crippen molar-refractivity contribution in [2.75, 3.05) is 53.1 Å². The minimum atomic E-state index is -0.773. The molecule has 2 aliphatic rings. The zero-order chi connectivity index (χ0) is 29.4. The van der Waals surface area contributed by atoms with Gasteiger partial charge in [-0.1, -0.05) is 19.4 Å². The molecule has 0 aromatic heterocycles. The van der Waals surface area contributed by atoms with Gasteiger partial charge in [-0.2, -0.15) is 0 Å². The average molecular weight is 567 g/mol. The lowest BCUT2D eigenvalue weighted by molar-refractivity contribution is -0.140. The van der Waals surface area contributed by atoms with E-state index >= 15 is 0 Å². The molecule has 2 saturated heterocycles. The van der Waals surface area contributed by atoms with Crippen LogP contribution in [0.5, 0.6) is 17.2 Å². The van der Waals surface area contributed by atoms with E-state index in [1.807, 2.05) is 19.9 Å². The van der Waals surface area contributed by atoms with Crippen molar-refractivity contribution in [2.45, 2.75) is 52.2 Å². The lowest BCUT2D eigenvalue weighted by atomic mass is 9.95. The van der Waals surface area contributed by atoms with E-state index in [-0.39, 0.29) is 17.4 Å². The van der Waals surface area contributed by atoms with Crippen molar-refractivity contribution in [3.05, 3.63) is 59.2 Å². The summed E-state index contributed by atoms with van der Waals surface area (Å²) in [5.41, 5.74) is 1.15. The fraction of sp³-hybridized carbons (Fsp3) is 0.500. The summed E-state index contributed by atoms with van der Waals surface area (Å²) in [6, 6.07) is 11.5. The van der Waals surface area contributed by atoms with Crippen molar-refractivity contribution >= 4 is 17.4 Å². The molecule has 222 valence electrons. The van der Waals surface area contributed by atoms with E-state index in [9.17, 15) is 14.7 Å². The Hall–Kier alpha value is -3.56. The van der Waals surface area contributed by atoms with Gasteiger partial charge in [0.05, 0.1) is 44.6 Å². The molecule has 0 saturated carbocycles. The molecule has 2 fully saturated rings. The number of amides is 1. The summed E-state index contributed by atoms with van der Waals surface area (Å²) < 4.78 is 22.7. The number of benzene rings is 2. The van der Waals surface area contributed by atoms with Crippen molar-refractivity contribution < 1.29 is 33.6 Å². The van der Waals surface area contributed by atoms with E-state index in [0.29, 0.717) is 61.2 Å². The van der Waals surface area contributed by atoms with Crippen LogP contribution in [0.2, 0.25) is 0 Å². The molecule has 0 radical (unpaired) electrons. The number of aliphatic hydroxyl groups excluding tert-OH is 1. The summed E-state index contributed by atoms with van der Waals surface area (Å²) >= 11 is 0. The predicted molar refractivity (Wildman–Crippen MR) is 156 cm³/mol. The molecule has 0 aliphatic carbocycles. The molecule has 2 aromatic rings. The van der Waals surface area contributed by atoms with Crippen molar-refractivity contribution in [1.82, 2.24) is 9.80 Å². The predicted octanol–water partition coefficient (Wildman–Crippen LogP) is 4.81. The van der Waals surface area contributed by atoms with Crippen LogP contribution in [0.3, 0.4) is 0 Å². The first kappa shape index (κ1) is 30.4. The molecule has 1 N–H and O–H groups in total. The molecular formula is C32H42N2O7. The number of likely N-dealkylation sites (tertiary alicyclic amines) is 1. The number of ether oxygens (including phenoxy) is 4. The van der Waals surface area contributed by atoms with Crippen LogP contribution in [0.25, 0.3) is 5.76 Å². The van der Waals surface area contributed by atoms with E-state index in [1.54, 1.807) is 48.4 Å². The first-order chi connectivity index (χ1) is 19.8. The number of Topliss-reactive ketones (excluding diaryl/α,β-unsaturated/α-hetero) is 1. The minimum absolute atomic E-state index is 0.00105. The Labute approximate surface area is 242 Å². The number of rotatable bonds is 13. The summed E-state index contributed by atoms with van der Waals surface area (Å²) in [7, 11) is 1.56. The molecule has 0 bridgehead atoms. The van der Waals surface area contributed by atoms with E-state index < -0.39 is 17.7 Å². The number of carbonyl (C=O) groups excluding carboxylic acids is 2. The van der Waals surface area contributed by atoms with Crippen molar-refractivity contribution in [2.24, 2.45) is 0 Å². The van der Waals surface area contributed by atoms with Crippen molar-refractivity contribution in [3.8, 4) is 17.2 Å². The molecule has 2 heterocycles. The largest absolute Gasteiger partial charge is 0.507 e. The Morgan fingerprint density at radius 1 is 1.02 bits per heavy atom. The number of morpholine rings is 1. The van der Waals surface area contributed by atoms with Crippen molar-refractivity contribution in [3.63, 3.8) is 0 Å². The topological polar surface area (TPSA) is 97.8 Å². The Balaban J connectivity index is 1.69. The maximum atomic E-state index is 13.5. The van der Waals surface area contributed by atoms with Crippen LogP contribution in [0.4, 0.5) is 0 Å². The fourth-order valence-corrected chi connectivity index (χ4v) is 5.17. The smallest absolute Gasteiger partial charge is 0.295 e. The van der Waals surface area contributed by atoms with Crippen LogP contribution in [0.1, 0.15) is 57.2 Å². The lowest BCUT2D eigenvalue weighted by Crippen LogP contribution is -2.39. The molecule has 4 rings (SSSR count). The van der Waals surface area contributed by atoms with Gasteiger partial charge in [0.2, 0.25) is 0 Å². The summed E-state index contributed by atoms with van der Waals surface area (Å²) in [5.74, 6) is 0.203. The highest BCUT2D eigenvalue weighted by molar-refractivity contribution is 6.46. The SMILES string of the molecule is CCCCOc1ccc(C2/C(=C(\O)c3ccc(OC(C)C)cc3)C(=O)C(=O)N2CCCN2CCOCC2)cc1OC. The third kappa shape index (κ3) is 7.40. The van der Waals surface area contributed by atoms with Crippen LogP contribution in [-0.4, -0.2) is 85.8 Å². The van der Waals surface area contributed by atoms with Gasteiger partial charge in [0.15, 0.2) is 11.5 Å². The Kier molecular flexibility index (Phi) is 10.7. The van der Waals surface area contributed by atoms with Crippen LogP contribution >= 0.6 is 0 Å².